The van der Waals surface area contributed by atoms with E-state index in [1.807, 2.05) is 0 Å². The van der Waals surface area contributed by atoms with E-state index in [0.29, 0.717) is 30.5 Å². The lowest BCUT2D eigenvalue weighted by molar-refractivity contribution is -0.0522. The molecule has 0 amide bonds. The third kappa shape index (κ3) is 2.94. The molecule has 1 aliphatic carbocycles. The fourth-order valence-electron chi connectivity index (χ4n) is 3.37. The number of methoxy groups -OCH3 is 1. The van der Waals surface area contributed by atoms with Gasteiger partial charge in [0, 0.05) is 12.6 Å². The summed E-state index contributed by atoms with van der Waals surface area (Å²) in [4.78, 5) is 14.7. The van der Waals surface area contributed by atoms with Gasteiger partial charge in [-0.15, -0.1) is 0 Å². The van der Waals surface area contributed by atoms with Gasteiger partial charge in [-0.2, -0.15) is 0 Å². The van der Waals surface area contributed by atoms with Crippen molar-refractivity contribution in [2.75, 3.05) is 26.8 Å². The molecule has 0 radical (unpaired) electrons. The van der Waals surface area contributed by atoms with Gasteiger partial charge in [-0.05, 0) is 37.5 Å². The van der Waals surface area contributed by atoms with Gasteiger partial charge in [-0.25, -0.2) is 4.39 Å². The normalized spacial score (nSPS) is 25.6. The molecule has 114 valence electrons. The summed E-state index contributed by atoms with van der Waals surface area (Å²) in [5.74, 6) is -0.0867. The lowest BCUT2D eigenvalue weighted by Crippen LogP contribution is -2.50. The molecule has 0 spiro atoms. The van der Waals surface area contributed by atoms with Crippen LogP contribution in [-0.2, 0) is 4.74 Å². The van der Waals surface area contributed by atoms with Crippen molar-refractivity contribution in [3.8, 4) is 5.75 Å². The predicted octanol–water partition coefficient (Wildman–Crippen LogP) is 2.27. The van der Waals surface area contributed by atoms with Crippen LogP contribution in [0.25, 0.3) is 0 Å². The zero-order valence-corrected chi connectivity index (χ0v) is 12.2. The van der Waals surface area contributed by atoms with Crippen molar-refractivity contribution in [2.45, 2.75) is 31.4 Å². The number of fused-ring (bicyclic) bond motifs is 1. The Hall–Kier alpha value is -1.46. The fraction of sp³-hybridized carbons (Fsp3) is 0.562. The second-order valence-electron chi connectivity index (χ2n) is 5.65. The Balaban J connectivity index is 1.75. The molecule has 1 aromatic carbocycles. The second kappa shape index (κ2) is 6.12. The van der Waals surface area contributed by atoms with Crippen LogP contribution in [0.2, 0.25) is 0 Å². The van der Waals surface area contributed by atoms with Crippen LogP contribution in [0.15, 0.2) is 18.2 Å². The number of ketones is 1. The highest BCUT2D eigenvalue weighted by molar-refractivity contribution is 6.00. The van der Waals surface area contributed by atoms with Crippen LogP contribution >= 0.6 is 0 Å². The standard InChI is InChI=1S/C16H20FNO3/c1-20-15-6-5-11(17)9-12(15)14(19)10-18-7-8-21-16-4-2-3-13(16)18/h5-6,9,13,16H,2-4,7-8,10H2,1H3. The number of morpholine rings is 1. The van der Waals surface area contributed by atoms with Crippen LogP contribution in [-0.4, -0.2) is 49.6 Å². The summed E-state index contributed by atoms with van der Waals surface area (Å²) in [5, 5.41) is 0. The molecule has 2 unspecified atom stereocenters. The Labute approximate surface area is 123 Å². The topological polar surface area (TPSA) is 38.8 Å². The maximum atomic E-state index is 13.4. The van der Waals surface area contributed by atoms with Crippen molar-refractivity contribution >= 4 is 5.78 Å². The molecular weight excluding hydrogens is 273 g/mol. The Morgan fingerprint density at radius 2 is 2.33 bits per heavy atom. The molecule has 2 aliphatic rings. The largest absolute Gasteiger partial charge is 0.496 e. The Bertz CT molecular complexity index is 534. The molecule has 21 heavy (non-hydrogen) atoms. The Kier molecular flexibility index (Phi) is 4.22. The number of hydrogen-bond donors (Lipinski definition) is 0. The minimum absolute atomic E-state index is 0.0982. The number of carbonyl (C=O) groups excluding carboxylic acids is 1. The molecule has 5 heteroatoms. The van der Waals surface area contributed by atoms with E-state index in [9.17, 15) is 9.18 Å². The van der Waals surface area contributed by atoms with E-state index in [1.165, 1.54) is 25.3 Å². The fourth-order valence-corrected chi connectivity index (χ4v) is 3.37. The van der Waals surface area contributed by atoms with Crippen LogP contribution in [0.4, 0.5) is 4.39 Å². The lowest BCUT2D eigenvalue weighted by Gasteiger charge is -2.37. The molecular formula is C16H20FNO3. The first kappa shape index (κ1) is 14.5. The van der Waals surface area contributed by atoms with Crippen LogP contribution < -0.4 is 4.74 Å². The van der Waals surface area contributed by atoms with Gasteiger partial charge in [0.2, 0.25) is 0 Å². The summed E-state index contributed by atoms with van der Waals surface area (Å²) in [6.07, 6.45) is 3.53. The zero-order chi connectivity index (χ0) is 14.8. The number of carbonyl (C=O) groups is 1. The van der Waals surface area contributed by atoms with Gasteiger partial charge in [0.1, 0.15) is 11.6 Å². The number of halogens is 1. The van der Waals surface area contributed by atoms with E-state index in [2.05, 4.69) is 4.90 Å². The Morgan fingerprint density at radius 1 is 1.48 bits per heavy atom. The van der Waals surface area contributed by atoms with Crippen molar-refractivity contribution in [1.29, 1.82) is 0 Å². The predicted molar refractivity (Wildman–Crippen MR) is 76.2 cm³/mol. The monoisotopic (exact) mass is 293 g/mol. The first-order chi connectivity index (χ1) is 10.2. The molecule has 1 aliphatic heterocycles. The van der Waals surface area contributed by atoms with Crippen LogP contribution in [0, 0.1) is 5.82 Å². The van der Waals surface area contributed by atoms with Gasteiger partial charge in [0.15, 0.2) is 5.78 Å². The van der Waals surface area contributed by atoms with Gasteiger partial charge in [0.25, 0.3) is 0 Å². The molecule has 1 saturated heterocycles. The highest BCUT2D eigenvalue weighted by atomic mass is 19.1. The molecule has 0 aromatic heterocycles. The molecule has 1 heterocycles. The van der Waals surface area contributed by atoms with E-state index in [-0.39, 0.29) is 11.9 Å². The number of Topliss-reactive ketones (excluding diaryl/α,β-unsaturated/α-hetero) is 1. The molecule has 1 aromatic rings. The third-order valence-corrected chi connectivity index (χ3v) is 4.41. The van der Waals surface area contributed by atoms with Crippen molar-refractivity contribution in [3.05, 3.63) is 29.6 Å². The van der Waals surface area contributed by atoms with E-state index in [4.69, 9.17) is 9.47 Å². The summed E-state index contributed by atoms with van der Waals surface area (Å²) in [6.45, 7) is 1.71. The van der Waals surface area contributed by atoms with E-state index in [0.717, 1.165) is 25.8 Å². The number of nitrogens with zero attached hydrogens (tertiary/aromatic N) is 1. The van der Waals surface area contributed by atoms with Crippen LogP contribution in [0.5, 0.6) is 5.75 Å². The number of hydrogen-bond acceptors (Lipinski definition) is 4. The molecule has 1 saturated carbocycles. The van der Waals surface area contributed by atoms with Crippen molar-refractivity contribution < 1.29 is 18.7 Å². The van der Waals surface area contributed by atoms with E-state index in [1.54, 1.807) is 0 Å². The highest BCUT2D eigenvalue weighted by Gasteiger charge is 2.36. The van der Waals surface area contributed by atoms with Crippen LogP contribution in [0.3, 0.4) is 0 Å². The molecule has 0 N–H and O–H groups in total. The summed E-state index contributed by atoms with van der Waals surface area (Å²) >= 11 is 0. The van der Waals surface area contributed by atoms with E-state index < -0.39 is 5.82 Å². The zero-order valence-electron chi connectivity index (χ0n) is 12.2. The van der Waals surface area contributed by atoms with Crippen molar-refractivity contribution in [2.24, 2.45) is 0 Å². The van der Waals surface area contributed by atoms with Gasteiger partial charge in [-0.1, -0.05) is 0 Å². The van der Waals surface area contributed by atoms with Gasteiger partial charge in [0.05, 0.1) is 31.9 Å². The minimum Gasteiger partial charge on any atom is -0.496 e. The molecule has 2 atom stereocenters. The third-order valence-electron chi connectivity index (χ3n) is 4.41. The average molecular weight is 293 g/mol. The first-order valence-electron chi connectivity index (χ1n) is 7.41. The van der Waals surface area contributed by atoms with E-state index >= 15 is 0 Å². The maximum absolute atomic E-state index is 13.4. The van der Waals surface area contributed by atoms with Gasteiger partial charge in [-0.3, -0.25) is 9.69 Å². The molecule has 4 nitrogen and oxygen atoms in total. The van der Waals surface area contributed by atoms with Gasteiger partial charge >= 0.3 is 0 Å². The first-order valence-corrected chi connectivity index (χ1v) is 7.41. The van der Waals surface area contributed by atoms with Crippen molar-refractivity contribution in [3.63, 3.8) is 0 Å². The summed E-state index contributed by atoms with van der Waals surface area (Å²) in [5.41, 5.74) is 0.318. The highest BCUT2D eigenvalue weighted by Crippen LogP contribution is 2.30. The number of rotatable bonds is 4. The average Bonchev–Trinajstić information content (AvgIpc) is 2.96. The minimum atomic E-state index is -0.417. The summed E-state index contributed by atoms with van der Waals surface area (Å²) in [6, 6.07) is 4.38. The van der Waals surface area contributed by atoms with Crippen LogP contribution in [0.1, 0.15) is 29.6 Å². The number of benzene rings is 1. The Morgan fingerprint density at radius 3 is 3.14 bits per heavy atom. The quantitative estimate of drug-likeness (QED) is 0.798. The van der Waals surface area contributed by atoms with Crippen molar-refractivity contribution in [1.82, 2.24) is 4.90 Å². The summed E-state index contributed by atoms with van der Waals surface area (Å²) < 4.78 is 24.3. The molecule has 2 fully saturated rings. The summed E-state index contributed by atoms with van der Waals surface area (Å²) in [7, 11) is 1.49. The smallest absolute Gasteiger partial charge is 0.180 e. The maximum Gasteiger partial charge on any atom is 0.180 e. The molecule has 0 bridgehead atoms. The number of ether oxygens (including phenoxy) is 2. The lowest BCUT2D eigenvalue weighted by atomic mass is 10.1. The molecule has 3 rings (SSSR count). The second-order valence-corrected chi connectivity index (χ2v) is 5.65. The van der Waals surface area contributed by atoms with Gasteiger partial charge < -0.3 is 9.47 Å². The SMILES string of the molecule is COc1ccc(F)cc1C(=O)CN1CCOC2CCCC21.